The molecule has 2 atom stereocenters. The average Bonchev–Trinajstić information content (AvgIpc) is 2.68. The first kappa shape index (κ1) is 17.9. The molecule has 3 aromatic rings. The fourth-order valence-electron chi connectivity index (χ4n) is 2.67. The van der Waals surface area contributed by atoms with E-state index in [-0.39, 0.29) is 0 Å². The smallest absolute Gasteiger partial charge is 0.0467 e. The maximum absolute atomic E-state index is 3.91. The minimum atomic E-state index is 0.615. The van der Waals surface area contributed by atoms with E-state index >= 15 is 0 Å². The van der Waals surface area contributed by atoms with Gasteiger partial charge in [-0.1, -0.05) is 86.3 Å². The fraction of sp³-hybridized carbons (Fsp3) is 0.0909. The van der Waals surface area contributed by atoms with Crippen LogP contribution in [0.5, 0.6) is 0 Å². The van der Waals surface area contributed by atoms with Crippen molar-refractivity contribution in [2.75, 3.05) is 4.44 Å². The second-order valence-corrected chi connectivity index (χ2v) is 8.68. The summed E-state index contributed by atoms with van der Waals surface area (Å²) in [7, 11) is 1.23. The largest absolute Gasteiger partial charge is 0.326 e. The summed E-state index contributed by atoms with van der Waals surface area (Å²) in [5.74, 6) is 0. The van der Waals surface area contributed by atoms with Crippen molar-refractivity contribution in [3.05, 3.63) is 96.6 Å². The van der Waals surface area contributed by atoms with Crippen LogP contribution in [-0.2, 0) is 6.42 Å². The molecule has 0 N–H and O–H groups in total. The number of hydrogen-bond donors (Lipinski definition) is 0. The molecule has 0 bridgehead atoms. The molecule has 1 nitrogen and oxygen atoms in total. The minimum Gasteiger partial charge on any atom is -0.326 e. The van der Waals surface area contributed by atoms with Gasteiger partial charge in [0.05, 0.1) is 0 Å². The van der Waals surface area contributed by atoms with Crippen molar-refractivity contribution >= 4 is 39.8 Å². The van der Waals surface area contributed by atoms with E-state index in [1.54, 1.807) is 0 Å². The molecular weight excluding hydrogens is 340 g/mol. The van der Waals surface area contributed by atoms with Gasteiger partial charge in [0.25, 0.3) is 0 Å². The predicted octanol–water partition coefficient (Wildman–Crippen LogP) is 5.54. The zero-order valence-electron chi connectivity index (χ0n) is 14.4. The van der Waals surface area contributed by atoms with Gasteiger partial charge in [0.1, 0.15) is 0 Å². The van der Waals surface area contributed by atoms with Gasteiger partial charge in [-0.05, 0) is 40.3 Å². The van der Waals surface area contributed by atoms with Gasteiger partial charge in [0.15, 0.2) is 0 Å². The third-order valence-electron chi connectivity index (χ3n) is 3.99. The van der Waals surface area contributed by atoms with E-state index in [2.05, 4.69) is 96.8 Å². The van der Waals surface area contributed by atoms with Crippen molar-refractivity contribution in [2.45, 2.75) is 13.3 Å². The van der Waals surface area contributed by atoms with Crippen LogP contribution in [0.15, 0.2) is 85.4 Å². The molecule has 0 spiro atoms. The van der Waals surface area contributed by atoms with Crippen molar-refractivity contribution in [3.8, 4) is 0 Å². The summed E-state index contributed by atoms with van der Waals surface area (Å²) in [6.07, 6.45) is 2.94. The van der Waals surface area contributed by atoms with Crippen LogP contribution < -0.4 is 15.1 Å². The number of nitrogens with zero attached hydrogens (tertiary/aromatic N) is 1. The van der Waals surface area contributed by atoms with Crippen LogP contribution in [0.3, 0.4) is 0 Å². The molecule has 0 amide bonds. The SMILES string of the molecule is C=Cc1ccc(N(Pc2ccccc2)Pc2ccccc2)c(CC)c1. The summed E-state index contributed by atoms with van der Waals surface area (Å²) in [4.78, 5) is 0. The molecule has 3 aromatic carbocycles. The van der Waals surface area contributed by atoms with Crippen molar-refractivity contribution < 1.29 is 0 Å². The standard InChI is InChI=1S/C22H23NP2/c1-3-18-15-16-22(19(4-2)17-18)23(24-20-11-7-5-8-12-20)25-21-13-9-6-10-14-21/h3,5-17,24-25H,1,4H2,2H3. The first-order chi connectivity index (χ1) is 12.3. The molecule has 2 unspecified atom stereocenters. The van der Waals surface area contributed by atoms with Crippen LogP contribution in [0.4, 0.5) is 5.69 Å². The van der Waals surface area contributed by atoms with Gasteiger partial charge in [0.2, 0.25) is 0 Å². The van der Waals surface area contributed by atoms with Crippen LogP contribution in [0.1, 0.15) is 18.1 Å². The monoisotopic (exact) mass is 363 g/mol. The molecule has 3 rings (SSSR count). The lowest BCUT2D eigenvalue weighted by Gasteiger charge is -2.27. The highest BCUT2D eigenvalue weighted by atomic mass is 31.1. The maximum Gasteiger partial charge on any atom is 0.0467 e. The molecule has 0 heterocycles. The topological polar surface area (TPSA) is 3.24 Å². The van der Waals surface area contributed by atoms with Crippen molar-refractivity contribution in [2.24, 2.45) is 0 Å². The van der Waals surface area contributed by atoms with E-state index in [0.29, 0.717) is 17.5 Å². The number of anilines is 1. The highest BCUT2D eigenvalue weighted by Crippen LogP contribution is 2.40. The van der Waals surface area contributed by atoms with Crippen molar-refractivity contribution in [1.82, 2.24) is 0 Å². The molecule has 0 saturated carbocycles. The molecule has 0 aliphatic rings. The van der Waals surface area contributed by atoms with Crippen LogP contribution in [0, 0.1) is 0 Å². The molecule has 0 radical (unpaired) electrons. The molecule has 0 aliphatic carbocycles. The van der Waals surface area contributed by atoms with E-state index in [1.165, 1.54) is 27.4 Å². The first-order valence-electron chi connectivity index (χ1n) is 8.49. The van der Waals surface area contributed by atoms with E-state index < -0.39 is 0 Å². The van der Waals surface area contributed by atoms with Gasteiger partial charge in [-0.15, -0.1) is 0 Å². The van der Waals surface area contributed by atoms with Crippen molar-refractivity contribution in [1.29, 1.82) is 0 Å². The molecular formula is C22H23NP2. The van der Waals surface area contributed by atoms with Gasteiger partial charge in [-0.2, -0.15) is 0 Å². The highest BCUT2D eigenvalue weighted by Gasteiger charge is 2.13. The summed E-state index contributed by atoms with van der Waals surface area (Å²) in [5, 5.41) is 2.72. The third-order valence-corrected chi connectivity index (χ3v) is 6.77. The predicted molar refractivity (Wildman–Crippen MR) is 117 cm³/mol. The van der Waals surface area contributed by atoms with E-state index in [9.17, 15) is 0 Å². The lowest BCUT2D eigenvalue weighted by atomic mass is 10.1. The van der Waals surface area contributed by atoms with E-state index in [4.69, 9.17) is 0 Å². The lowest BCUT2D eigenvalue weighted by Crippen LogP contribution is -2.12. The summed E-state index contributed by atoms with van der Waals surface area (Å²) in [6.45, 7) is 6.13. The molecule has 0 aliphatic heterocycles. The Morgan fingerprint density at radius 3 is 1.88 bits per heavy atom. The van der Waals surface area contributed by atoms with Gasteiger partial charge in [-0.25, -0.2) is 0 Å². The Kier molecular flexibility index (Phi) is 6.40. The van der Waals surface area contributed by atoms with Gasteiger partial charge in [-0.3, -0.25) is 0 Å². The fourth-order valence-corrected chi connectivity index (χ4v) is 5.54. The second-order valence-electron chi connectivity index (χ2n) is 5.74. The third kappa shape index (κ3) is 4.79. The maximum atomic E-state index is 3.91. The van der Waals surface area contributed by atoms with Gasteiger partial charge < -0.3 is 4.44 Å². The Hall–Kier alpha value is -1.94. The quantitative estimate of drug-likeness (QED) is 0.499. The molecule has 126 valence electrons. The van der Waals surface area contributed by atoms with Crippen LogP contribution in [0.2, 0.25) is 0 Å². The number of aryl methyl sites for hydroxylation is 1. The first-order valence-corrected chi connectivity index (χ1v) is 10.4. The van der Waals surface area contributed by atoms with Crippen LogP contribution in [0.25, 0.3) is 6.08 Å². The summed E-state index contributed by atoms with van der Waals surface area (Å²) < 4.78 is 2.52. The average molecular weight is 363 g/mol. The Morgan fingerprint density at radius 2 is 1.40 bits per heavy atom. The second kappa shape index (κ2) is 8.95. The molecule has 0 saturated heterocycles. The number of hydrogen-bond acceptors (Lipinski definition) is 1. The Labute approximate surface area is 154 Å². The number of benzene rings is 3. The minimum absolute atomic E-state index is 0.615. The summed E-state index contributed by atoms with van der Waals surface area (Å²) in [6, 6.07) is 28.2. The van der Waals surface area contributed by atoms with Crippen LogP contribution >= 0.6 is 17.5 Å². The Balaban J connectivity index is 1.96. The Bertz CT molecular complexity index is 774. The van der Waals surface area contributed by atoms with E-state index in [1.807, 2.05) is 6.08 Å². The normalized spacial score (nSPS) is 11.4. The van der Waals surface area contributed by atoms with E-state index in [0.717, 1.165) is 6.42 Å². The van der Waals surface area contributed by atoms with Crippen LogP contribution in [-0.4, -0.2) is 0 Å². The zero-order valence-corrected chi connectivity index (χ0v) is 16.4. The van der Waals surface area contributed by atoms with Crippen molar-refractivity contribution in [3.63, 3.8) is 0 Å². The highest BCUT2D eigenvalue weighted by molar-refractivity contribution is 7.67. The zero-order chi connectivity index (χ0) is 17.5. The molecule has 0 fully saturated rings. The summed E-state index contributed by atoms with van der Waals surface area (Å²) in [5.41, 5.74) is 3.90. The van der Waals surface area contributed by atoms with Gasteiger partial charge in [0, 0.05) is 23.2 Å². The lowest BCUT2D eigenvalue weighted by molar-refractivity contribution is 1.14. The number of rotatable bonds is 7. The summed E-state index contributed by atoms with van der Waals surface area (Å²) >= 11 is 0. The Morgan fingerprint density at radius 1 is 0.840 bits per heavy atom. The molecule has 25 heavy (non-hydrogen) atoms. The molecule has 3 heteroatoms. The molecule has 0 aromatic heterocycles. The van der Waals surface area contributed by atoms with Gasteiger partial charge >= 0.3 is 0 Å².